The van der Waals surface area contributed by atoms with E-state index >= 15 is 0 Å². The van der Waals surface area contributed by atoms with E-state index in [1.54, 1.807) is 0 Å². The first-order chi connectivity index (χ1) is 7.83. The van der Waals surface area contributed by atoms with Gasteiger partial charge >= 0.3 is 0 Å². The highest BCUT2D eigenvalue weighted by atomic mass is 79.9. The molecule has 0 saturated carbocycles. The molecular weight excluding hydrogens is 264 g/mol. The van der Waals surface area contributed by atoms with E-state index < -0.39 is 0 Å². The van der Waals surface area contributed by atoms with Crippen molar-refractivity contribution in [3.63, 3.8) is 0 Å². The number of hydrogen-bond acceptors (Lipinski definition) is 1. The number of hydrogen-bond donors (Lipinski definition) is 2. The minimum Gasteiger partial charge on any atom is -0.360 e. The van der Waals surface area contributed by atoms with E-state index in [4.69, 9.17) is 0 Å². The van der Waals surface area contributed by atoms with Gasteiger partial charge in [-0.15, -0.1) is 0 Å². The second kappa shape index (κ2) is 4.22. The van der Waals surface area contributed by atoms with Gasteiger partial charge < -0.3 is 10.3 Å². The van der Waals surface area contributed by atoms with Crippen molar-refractivity contribution >= 4 is 26.8 Å². The summed E-state index contributed by atoms with van der Waals surface area (Å²) in [5.41, 5.74) is 2.64. The monoisotopic (exact) mass is 278 g/mol. The maximum atomic E-state index is 3.54. The third-order valence-electron chi connectivity index (χ3n) is 3.34. The lowest BCUT2D eigenvalue weighted by atomic mass is 10.0. The molecule has 1 unspecified atom stereocenters. The molecule has 0 aliphatic carbocycles. The molecule has 1 aromatic heterocycles. The van der Waals surface area contributed by atoms with Crippen LogP contribution in [0.3, 0.4) is 0 Å². The standard InChI is InChI=1S/C13H15BrN2/c14-12-8-16-13-7-9(3-4-11(12)13)6-10-2-1-5-15-10/h3-4,7-8,10,15-16H,1-2,5-6H2. The fourth-order valence-corrected chi connectivity index (χ4v) is 2.94. The summed E-state index contributed by atoms with van der Waals surface area (Å²) < 4.78 is 1.15. The maximum absolute atomic E-state index is 3.54. The van der Waals surface area contributed by atoms with Crippen molar-refractivity contribution < 1.29 is 0 Å². The highest BCUT2D eigenvalue weighted by Gasteiger charge is 2.14. The molecule has 1 aliphatic heterocycles. The van der Waals surface area contributed by atoms with Crippen molar-refractivity contribution in [3.05, 3.63) is 34.4 Å². The molecule has 3 rings (SSSR count). The van der Waals surface area contributed by atoms with E-state index in [0.717, 1.165) is 10.9 Å². The number of halogens is 1. The number of aromatic nitrogens is 1. The van der Waals surface area contributed by atoms with Gasteiger partial charge in [0.25, 0.3) is 0 Å². The molecular formula is C13H15BrN2. The van der Waals surface area contributed by atoms with Gasteiger partial charge in [0.05, 0.1) is 0 Å². The highest BCUT2D eigenvalue weighted by Crippen LogP contribution is 2.25. The van der Waals surface area contributed by atoms with Gasteiger partial charge in [-0.05, 0) is 53.4 Å². The number of benzene rings is 1. The Labute approximate surface area is 104 Å². The van der Waals surface area contributed by atoms with Crippen LogP contribution in [-0.2, 0) is 6.42 Å². The predicted octanol–water partition coefficient (Wildman–Crippen LogP) is 3.22. The molecule has 1 aromatic carbocycles. The zero-order chi connectivity index (χ0) is 11.0. The third-order valence-corrected chi connectivity index (χ3v) is 4.00. The molecule has 1 atom stereocenters. The molecule has 2 N–H and O–H groups in total. The number of fused-ring (bicyclic) bond motifs is 1. The van der Waals surface area contributed by atoms with E-state index in [1.165, 1.54) is 35.9 Å². The van der Waals surface area contributed by atoms with Gasteiger partial charge in [-0.3, -0.25) is 0 Å². The molecule has 2 heterocycles. The van der Waals surface area contributed by atoms with Crippen molar-refractivity contribution in [3.8, 4) is 0 Å². The number of nitrogens with one attached hydrogen (secondary N) is 2. The van der Waals surface area contributed by atoms with Crippen LogP contribution in [0.2, 0.25) is 0 Å². The average molecular weight is 279 g/mol. The van der Waals surface area contributed by atoms with Crippen molar-refractivity contribution in [2.45, 2.75) is 25.3 Å². The van der Waals surface area contributed by atoms with Crippen LogP contribution in [0.15, 0.2) is 28.9 Å². The third kappa shape index (κ3) is 1.89. The zero-order valence-corrected chi connectivity index (χ0v) is 10.7. The first-order valence-corrected chi connectivity index (χ1v) is 6.61. The minimum absolute atomic E-state index is 0.677. The van der Waals surface area contributed by atoms with Gasteiger partial charge in [-0.1, -0.05) is 12.1 Å². The smallest absolute Gasteiger partial charge is 0.0468 e. The van der Waals surface area contributed by atoms with Crippen LogP contribution in [0.25, 0.3) is 10.9 Å². The fourth-order valence-electron chi connectivity index (χ4n) is 2.48. The molecule has 0 spiro atoms. The van der Waals surface area contributed by atoms with E-state index in [0.29, 0.717) is 6.04 Å². The van der Waals surface area contributed by atoms with Crippen molar-refractivity contribution in [2.75, 3.05) is 6.54 Å². The summed E-state index contributed by atoms with van der Waals surface area (Å²) >= 11 is 3.54. The Hall–Kier alpha value is -0.800. The Kier molecular flexibility index (Phi) is 2.74. The molecule has 0 radical (unpaired) electrons. The topological polar surface area (TPSA) is 27.8 Å². The van der Waals surface area contributed by atoms with Crippen LogP contribution < -0.4 is 5.32 Å². The summed E-state index contributed by atoms with van der Waals surface area (Å²) in [4.78, 5) is 3.29. The lowest BCUT2D eigenvalue weighted by Gasteiger charge is -2.09. The Morgan fingerprint density at radius 1 is 1.38 bits per heavy atom. The molecule has 2 nitrogen and oxygen atoms in total. The molecule has 0 bridgehead atoms. The van der Waals surface area contributed by atoms with Crippen LogP contribution in [0.5, 0.6) is 0 Å². The van der Waals surface area contributed by atoms with Crippen LogP contribution >= 0.6 is 15.9 Å². The van der Waals surface area contributed by atoms with E-state index in [-0.39, 0.29) is 0 Å². The molecule has 84 valence electrons. The molecule has 2 aromatic rings. The van der Waals surface area contributed by atoms with Crippen LogP contribution in [0, 0.1) is 0 Å². The molecule has 3 heteroatoms. The van der Waals surface area contributed by atoms with Crippen LogP contribution in [0.1, 0.15) is 18.4 Å². The second-order valence-electron chi connectivity index (χ2n) is 4.51. The second-order valence-corrected chi connectivity index (χ2v) is 5.37. The fraction of sp³-hybridized carbons (Fsp3) is 0.385. The van der Waals surface area contributed by atoms with Crippen LogP contribution in [-0.4, -0.2) is 17.6 Å². The largest absolute Gasteiger partial charge is 0.360 e. The average Bonchev–Trinajstić information content (AvgIpc) is 2.90. The molecule has 1 saturated heterocycles. The van der Waals surface area contributed by atoms with Gasteiger partial charge in [0.1, 0.15) is 0 Å². The SMILES string of the molecule is Brc1c[nH]c2cc(CC3CCCN3)ccc12. The van der Waals surface area contributed by atoms with Crippen molar-refractivity contribution in [1.82, 2.24) is 10.3 Å². The molecule has 0 amide bonds. The normalized spacial score (nSPS) is 20.7. The summed E-state index contributed by atoms with van der Waals surface area (Å²) in [6, 6.07) is 7.37. The Morgan fingerprint density at radius 2 is 2.31 bits per heavy atom. The van der Waals surface area contributed by atoms with Gasteiger partial charge in [-0.2, -0.15) is 0 Å². The molecule has 16 heavy (non-hydrogen) atoms. The molecule has 1 fully saturated rings. The summed E-state index contributed by atoms with van der Waals surface area (Å²) in [5, 5.41) is 4.81. The van der Waals surface area contributed by atoms with Crippen LogP contribution in [0.4, 0.5) is 0 Å². The summed E-state index contributed by atoms with van der Waals surface area (Å²) in [6.45, 7) is 1.18. The Balaban J connectivity index is 1.87. The summed E-state index contributed by atoms with van der Waals surface area (Å²) in [7, 11) is 0. The summed E-state index contributed by atoms with van der Waals surface area (Å²) in [6.07, 6.45) is 5.78. The Bertz CT molecular complexity index is 498. The zero-order valence-electron chi connectivity index (χ0n) is 9.09. The quantitative estimate of drug-likeness (QED) is 0.868. The maximum Gasteiger partial charge on any atom is 0.0468 e. The lowest BCUT2D eigenvalue weighted by Crippen LogP contribution is -2.23. The van der Waals surface area contributed by atoms with Crippen molar-refractivity contribution in [1.29, 1.82) is 0 Å². The molecule has 1 aliphatic rings. The van der Waals surface area contributed by atoms with E-state index in [9.17, 15) is 0 Å². The van der Waals surface area contributed by atoms with Crippen molar-refractivity contribution in [2.24, 2.45) is 0 Å². The lowest BCUT2D eigenvalue weighted by molar-refractivity contribution is 0.603. The van der Waals surface area contributed by atoms with E-state index in [2.05, 4.69) is 44.4 Å². The number of aromatic amines is 1. The number of rotatable bonds is 2. The van der Waals surface area contributed by atoms with Gasteiger partial charge in [0, 0.05) is 27.6 Å². The first kappa shape index (κ1) is 10.4. The number of H-pyrrole nitrogens is 1. The predicted molar refractivity (Wildman–Crippen MR) is 70.7 cm³/mol. The Morgan fingerprint density at radius 3 is 3.12 bits per heavy atom. The first-order valence-electron chi connectivity index (χ1n) is 5.82. The highest BCUT2D eigenvalue weighted by molar-refractivity contribution is 9.10. The summed E-state index contributed by atoms with van der Waals surface area (Å²) in [5.74, 6) is 0. The van der Waals surface area contributed by atoms with E-state index in [1.807, 2.05) is 6.20 Å². The van der Waals surface area contributed by atoms with Gasteiger partial charge in [0.2, 0.25) is 0 Å². The van der Waals surface area contributed by atoms with Gasteiger partial charge in [-0.25, -0.2) is 0 Å². The minimum atomic E-state index is 0.677. The van der Waals surface area contributed by atoms with Gasteiger partial charge in [0.15, 0.2) is 0 Å².